The highest BCUT2D eigenvalue weighted by Crippen LogP contribution is 2.11. The predicted octanol–water partition coefficient (Wildman–Crippen LogP) is 4.71. The first-order valence-corrected chi connectivity index (χ1v) is 9.37. The van der Waals surface area contributed by atoms with Crippen LogP contribution in [0.1, 0.15) is 73.5 Å². The van der Waals surface area contributed by atoms with Gasteiger partial charge in [0, 0.05) is 18.8 Å². The standard InChI is InChI=1S/C7H12N2.C6H13N.C5H10O2.C2H6/c1-6(2)9-5-4-7(3)8-9;1-6-3-4-7(2)5-6;1-5(2,3)7-4-6;1-2/h4-6H,1-3H3;6H,3-5H2,1-2H3;4H,1-3H3;1-2H3. The Kier molecular flexibility index (Phi) is 14.4. The third kappa shape index (κ3) is 15.9. The van der Waals surface area contributed by atoms with Crippen molar-refractivity contribution in [1.82, 2.24) is 14.7 Å². The molecule has 2 heterocycles. The van der Waals surface area contributed by atoms with Crippen LogP contribution in [0.4, 0.5) is 0 Å². The second-order valence-corrected chi connectivity index (χ2v) is 7.51. The molecule has 0 bridgehead atoms. The lowest BCUT2D eigenvalue weighted by molar-refractivity contribution is -0.138. The lowest BCUT2D eigenvalue weighted by Crippen LogP contribution is -2.17. The molecule has 1 saturated heterocycles. The summed E-state index contributed by atoms with van der Waals surface area (Å²) in [6.07, 6.45) is 3.40. The predicted molar refractivity (Wildman–Crippen MR) is 107 cm³/mol. The molecule has 0 spiro atoms. The van der Waals surface area contributed by atoms with Gasteiger partial charge in [0.05, 0.1) is 5.69 Å². The number of hydrogen-bond donors (Lipinski definition) is 0. The normalized spacial score (nSPS) is 16.7. The molecule has 0 aliphatic carbocycles. The Morgan fingerprint density at radius 3 is 2.00 bits per heavy atom. The summed E-state index contributed by atoms with van der Waals surface area (Å²) in [6.45, 7) is 21.1. The Labute approximate surface area is 155 Å². The molecule has 5 nitrogen and oxygen atoms in total. The zero-order valence-corrected chi connectivity index (χ0v) is 18.2. The third-order valence-corrected chi connectivity index (χ3v) is 3.30. The number of aryl methyl sites for hydroxylation is 1. The number of hydrogen-bond acceptors (Lipinski definition) is 4. The van der Waals surface area contributed by atoms with Crippen molar-refractivity contribution in [3.05, 3.63) is 18.0 Å². The van der Waals surface area contributed by atoms with Crippen molar-refractivity contribution in [3.63, 3.8) is 0 Å². The fourth-order valence-electron chi connectivity index (χ4n) is 2.02. The number of nitrogens with zero attached hydrogens (tertiary/aromatic N) is 3. The van der Waals surface area contributed by atoms with Gasteiger partial charge in [0.25, 0.3) is 6.47 Å². The average Bonchev–Trinajstić information content (AvgIpc) is 3.09. The van der Waals surface area contributed by atoms with E-state index >= 15 is 0 Å². The molecule has 1 aliphatic heterocycles. The fraction of sp³-hybridized carbons (Fsp3) is 0.800. The highest BCUT2D eigenvalue weighted by atomic mass is 16.5. The minimum Gasteiger partial charge on any atom is -0.462 e. The maximum Gasteiger partial charge on any atom is 0.293 e. The van der Waals surface area contributed by atoms with Gasteiger partial charge in [-0.15, -0.1) is 0 Å². The molecule has 5 heteroatoms. The van der Waals surface area contributed by atoms with Crippen LogP contribution >= 0.6 is 0 Å². The largest absolute Gasteiger partial charge is 0.462 e. The molecule has 0 saturated carbocycles. The maximum absolute atomic E-state index is 9.60. The first-order valence-electron chi connectivity index (χ1n) is 9.37. The van der Waals surface area contributed by atoms with Crippen LogP contribution in [0.3, 0.4) is 0 Å². The van der Waals surface area contributed by atoms with Crippen LogP contribution in [0.5, 0.6) is 0 Å². The summed E-state index contributed by atoms with van der Waals surface area (Å²) < 4.78 is 6.50. The van der Waals surface area contributed by atoms with Crippen LogP contribution in [-0.4, -0.2) is 46.9 Å². The molecule has 2 rings (SSSR count). The van der Waals surface area contributed by atoms with Gasteiger partial charge in [-0.1, -0.05) is 20.8 Å². The summed E-state index contributed by atoms with van der Waals surface area (Å²) in [6, 6.07) is 2.50. The van der Waals surface area contributed by atoms with Crippen molar-refractivity contribution >= 4 is 6.47 Å². The van der Waals surface area contributed by atoms with Crippen molar-refractivity contribution in [1.29, 1.82) is 0 Å². The van der Waals surface area contributed by atoms with E-state index in [-0.39, 0.29) is 5.60 Å². The number of carbonyl (C=O) groups is 1. The molecule has 25 heavy (non-hydrogen) atoms. The lowest BCUT2D eigenvalue weighted by Gasteiger charge is -2.14. The Bertz CT molecular complexity index is 428. The molecule has 1 aromatic heterocycles. The average molecular weight is 356 g/mol. The molecule has 1 atom stereocenters. The minimum absolute atomic E-state index is 0.318. The summed E-state index contributed by atoms with van der Waals surface area (Å²) in [7, 11) is 2.18. The minimum atomic E-state index is -0.318. The Hall–Kier alpha value is -1.36. The van der Waals surface area contributed by atoms with Crippen LogP contribution in [0.2, 0.25) is 0 Å². The van der Waals surface area contributed by atoms with E-state index < -0.39 is 0 Å². The van der Waals surface area contributed by atoms with Gasteiger partial charge in [0.15, 0.2) is 0 Å². The van der Waals surface area contributed by atoms with E-state index in [0.29, 0.717) is 12.5 Å². The molecule has 0 N–H and O–H groups in total. The SMILES string of the molecule is CC.CC(C)(C)OC=O.CC1CCN(C)C1.Cc1ccn(C(C)C)n1. The van der Waals surface area contributed by atoms with Gasteiger partial charge in [0.2, 0.25) is 0 Å². The van der Waals surface area contributed by atoms with Gasteiger partial charge in [-0.05, 0) is 73.5 Å². The second kappa shape index (κ2) is 13.9. The van der Waals surface area contributed by atoms with Gasteiger partial charge in [-0.2, -0.15) is 5.10 Å². The van der Waals surface area contributed by atoms with Crippen LogP contribution in [0, 0.1) is 12.8 Å². The lowest BCUT2D eigenvalue weighted by atomic mass is 10.2. The molecule has 0 amide bonds. The smallest absolute Gasteiger partial charge is 0.293 e. The second-order valence-electron chi connectivity index (χ2n) is 7.51. The van der Waals surface area contributed by atoms with Crippen LogP contribution in [-0.2, 0) is 9.53 Å². The quantitative estimate of drug-likeness (QED) is 0.721. The molecule has 1 fully saturated rings. The van der Waals surface area contributed by atoms with Crippen molar-refractivity contribution in [2.45, 2.75) is 80.4 Å². The first kappa shape index (κ1) is 25.9. The van der Waals surface area contributed by atoms with Crippen molar-refractivity contribution in [2.75, 3.05) is 20.1 Å². The number of ether oxygens (including phenoxy) is 1. The van der Waals surface area contributed by atoms with E-state index in [1.54, 1.807) is 0 Å². The van der Waals surface area contributed by atoms with Gasteiger partial charge < -0.3 is 9.64 Å². The van der Waals surface area contributed by atoms with Gasteiger partial charge in [-0.3, -0.25) is 9.48 Å². The van der Waals surface area contributed by atoms with E-state index in [1.165, 1.54) is 19.5 Å². The van der Waals surface area contributed by atoms with Gasteiger partial charge >= 0.3 is 0 Å². The van der Waals surface area contributed by atoms with Crippen molar-refractivity contribution in [2.24, 2.45) is 5.92 Å². The molecule has 0 aromatic carbocycles. The molecule has 1 aliphatic rings. The third-order valence-electron chi connectivity index (χ3n) is 3.30. The van der Waals surface area contributed by atoms with Gasteiger partial charge in [0.1, 0.15) is 5.60 Å². The van der Waals surface area contributed by atoms with Crippen molar-refractivity contribution in [3.8, 4) is 0 Å². The zero-order valence-electron chi connectivity index (χ0n) is 18.2. The number of rotatable bonds is 2. The highest BCUT2D eigenvalue weighted by Gasteiger charge is 2.13. The molecule has 1 aromatic rings. The fourth-order valence-corrected chi connectivity index (χ4v) is 2.02. The van der Waals surface area contributed by atoms with E-state index in [2.05, 4.69) is 42.6 Å². The summed E-state index contributed by atoms with van der Waals surface area (Å²) >= 11 is 0. The first-order chi connectivity index (χ1) is 11.5. The van der Waals surface area contributed by atoms with Gasteiger partial charge in [-0.25, -0.2) is 0 Å². The summed E-state index contributed by atoms with van der Waals surface area (Å²) in [5.74, 6) is 0.949. The van der Waals surface area contributed by atoms with E-state index in [4.69, 9.17) is 0 Å². The number of likely N-dealkylation sites (tertiary alicyclic amines) is 1. The van der Waals surface area contributed by atoms with E-state index in [0.717, 1.165) is 11.6 Å². The maximum atomic E-state index is 9.60. The van der Waals surface area contributed by atoms with E-state index in [9.17, 15) is 4.79 Å². The molecule has 0 radical (unpaired) electrons. The number of carbonyl (C=O) groups excluding carboxylic acids is 1. The summed E-state index contributed by atoms with van der Waals surface area (Å²) in [4.78, 5) is 12.0. The molecule has 1 unspecified atom stereocenters. The summed E-state index contributed by atoms with van der Waals surface area (Å²) in [5, 5.41) is 4.23. The molecule has 148 valence electrons. The van der Waals surface area contributed by atoms with Crippen molar-refractivity contribution < 1.29 is 9.53 Å². The highest BCUT2D eigenvalue weighted by molar-refractivity contribution is 5.37. The number of aromatic nitrogens is 2. The Morgan fingerprint density at radius 1 is 1.32 bits per heavy atom. The van der Waals surface area contributed by atoms with Crippen LogP contribution < -0.4 is 0 Å². The Balaban J connectivity index is 0. The van der Waals surface area contributed by atoms with E-state index in [1.807, 2.05) is 58.5 Å². The zero-order chi connectivity index (χ0) is 20.0. The van der Waals surface area contributed by atoms with Crippen LogP contribution in [0.15, 0.2) is 12.3 Å². The molecular weight excluding hydrogens is 314 g/mol. The summed E-state index contributed by atoms with van der Waals surface area (Å²) in [5.41, 5.74) is 0.769. The monoisotopic (exact) mass is 355 g/mol. The van der Waals surface area contributed by atoms with Crippen LogP contribution in [0.25, 0.3) is 0 Å². The Morgan fingerprint density at radius 2 is 1.88 bits per heavy atom. The topological polar surface area (TPSA) is 47.4 Å². The molecular formula is C20H41N3O2.